The van der Waals surface area contributed by atoms with Crippen molar-refractivity contribution in [1.82, 2.24) is 4.98 Å². The molecule has 1 aromatic heterocycles. The first-order valence-corrected chi connectivity index (χ1v) is 3.39. The minimum atomic E-state index is 0.826. The average molecular weight is 149 g/mol. The number of methoxy groups -OCH3 is 1. The molecule has 0 radical (unpaired) electrons. The van der Waals surface area contributed by atoms with Crippen LogP contribution in [0.15, 0.2) is 25.0 Å². The van der Waals surface area contributed by atoms with E-state index in [1.54, 1.807) is 19.5 Å². The van der Waals surface area contributed by atoms with Gasteiger partial charge in [0.15, 0.2) is 0 Å². The van der Waals surface area contributed by atoms with Gasteiger partial charge >= 0.3 is 0 Å². The molecule has 0 aliphatic carbocycles. The summed E-state index contributed by atoms with van der Waals surface area (Å²) in [4.78, 5) is 3.97. The van der Waals surface area contributed by atoms with Crippen LogP contribution >= 0.6 is 0 Å². The lowest BCUT2D eigenvalue weighted by molar-refractivity contribution is 0.413. The Balaban J connectivity index is 3.12. The van der Waals surface area contributed by atoms with Crippen LogP contribution in [-0.4, -0.2) is 12.1 Å². The van der Waals surface area contributed by atoms with Gasteiger partial charge in [-0.25, -0.2) is 0 Å². The topological polar surface area (TPSA) is 22.1 Å². The van der Waals surface area contributed by atoms with E-state index < -0.39 is 0 Å². The highest BCUT2D eigenvalue weighted by Gasteiger charge is 2.00. The zero-order valence-electron chi connectivity index (χ0n) is 6.79. The Morgan fingerprint density at radius 1 is 1.64 bits per heavy atom. The minimum Gasteiger partial charge on any atom is -0.496 e. The van der Waals surface area contributed by atoms with Gasteiger partial charge in [-0.2, -0.15) is 0 Å². The van der Waals surface area contributed by atoms with Gasteiger partial charge < -0.3 is 4.74 Å². The van der Waals surface area contributed by atoms with Crippen LogP contribution in [0.3, 0.4) is 0 Å². The second-order valence-corrected chi connectivity index (χ2v) is 2.36. The lowest BCUT2D eigenvalue weighted by atomic mass is 10.1. The molecule has 0 atom stereocenters. The summed E-state index contributed by atoms with van der Waals surface area (Å²) >= 11 is 0. The number of allylic oxidation sites excluding steroid dienone is 1. The van der Waals surface area contributed by atoms with Crippen molar-refractivity contribution in [3.05, 3.63) is 30.6 Å². The van der Waals surface area contributed by atoms with Crippen molar-refractivity contribution < 1.29 is 4.74 Å². The van der Waals surface area contributed by atoms with E-state index in [9.17, 15) is 0 Å². The smallest absolute Gasteiger partial charge is 0.129 e. The number of nitrogens with zero attached hydrogens (tertiary/aromatic N) is 1. The van der Waals surface area contributed by atoms with Gasteiger partial charge in [0.25, 0.3) is 0 Å². The highest BCUT2D eigenvalue weighted by atomic mass is 16.5. The van der Waals surface area contributed by atoms with Crippen molar-refractivity contribution in [3.63, 3.8) is 0 Å². The van der Waals surface area contributed by atoms with Crippen LogP contribution in [0.5, 0.6) is 5.75 Å². The normalized spacial score (nSPS) is 9.27. The Kier molecular flexibility index (Phi) is 2.26. The lowest BCUT2D eigenvalue weighted by Crippen LogP contribution is -1.89. The van der Waals surface area contributed by atoms with Crippen molar-refractivity contribution in [2.75, 3.05) is 7.11 Å². The Bertz CT molecular complexity index is 268. The predicted molar refractivity (Wildman–Crippen MR) is 45.5 cm³/mol. The highest BCUT2D eigenvalue weighted by molar-refractivity contribution is 5.65. The second-order valence-electron chi connectivity index (χ2n) is 2.36. The first kappa shape index (κ1) is 7.79. The molecule has 0 fully saturated rings. The molecular weight excluding hydrogens is 138 g/mol. The van der Waals surface area contributed by atoms with E-state index in [4.69, 9.17) is 4.74 Å². The number of pyridine rings is 1. The van der Waals surface area contributed by atoms with Crippen LogP contribution < -0.4 is 4.74 Å². The summed E-state index contributed by atoms with van der Waals surface area (Å²) in [5, 5.41) is 0. The number of ether oxygens (including phenoxy) is 1. The molecule has 1 aromatic rings. The molecule has 0 aromatic carbocycles. The molecule has 0 saturated heterocycles. The van der Waals surface area contributed by atoms with E-state index >= 15 is 0 Å². The molecule has 0 unspecified atom stereocenters. The van der Waals surface area contributed by atoms with Crippen molar-refractivity contribution in [2.45, 2.75) is 6.92 Å². The molecule has 0 aliphatic heterocycles. The summed E-state index contributed by atoms with van der Waals surface area (Å²) in [5.41, 5.74) is 1.94. The fourth-order valence-corrected chi connectivity index (χ4v) is 0.880. The molecule has 1 rings (SSSR count). The summed E-state index contributed by atoms with van der Waals surface area (Å²) in [7, 11) is 1.64. The van der Waals surface area contributed by atoms with Crippen LogP contribution in [0.2, 0.25) is 0 Å². The summed E-state index contributed by atoms with van der Waals surface area (Å²) in [6.45, 7) is 5.74. The summed E-state index contributed by atoms with van der Waals surface area (Å²) in [6, 6.07) is 1.82. The summed E-state index contributed by atoms with van der Waals surface area (Å²) in [5.74, 6) is 0.826. The van der Waals surface area contributed by atoms with Crippen molar-refractivity contribution >= 4 is 5.57 Å². The van der Waals surface area contributed by atoms with Crippen LogP contribution in [-0.2, 0) is 0 Å². The molecule has 0 amide bonds. The number of hydrogen-bond donors (Lipinski definition) is 0. The third kappa shape index (κ3) is 1.58. The van der Waals surface area contributed by atoms with Gasteiger partial charge in [-0.05, 0) is 18.6 Å². The standard InChI is InChI=1S/C9H11NO/c1-7(2)8-6-10-5-4-9(8)11-3/h4-6H,1H2,2-3H3. The van der Waals surface area contributed by atoms with Crippen LogP contribution in [0.25, 0.3) is 5.57 Å². The van der Waals surface area contributed by atoms with Crippen LogP contribution in [0.4, 0.5) is 0 Å². The van der Waals surface area contributed by atoms with E-state index in [2.05, 4.69) is 11.6 Å². The first-order valence-electron chi connectivity index (χ1n) is 3.39. The Morgan fingerprint density at radius 3 is 2.82 bits per heavy atom. The molecule has 58 valence electrons. The number of hydrogen-bond acceptors (Lipinski definition) is 2. The van der Waals surface area contributed by atoms with Gasteiger partial charge in [-0.3, -0.25) is 4.98 Å². The second kappa shape index (κ2) is 3.19. The van der Waals surface area contributed by atoms with E-state index in [1.165, 1.54) is 0 Å². The van der Waals surface area contributed by atoms with E-state index in [0.717, 1.165) is 16.9 Å². The predicted octanol–water partition coefficient (Wildman–Crippen LogP) is 2.12. The quantitative estimate of drug-likeness (QED) is 0.642. The maximum absolute atomic E-state index is 5.11. The van der Waals surface area contributed by atoms with Gasteiger partial charge in [-0.15, -0.1) is 0 Å². The summed E-state index contributed by atoms with van der Waals surface area (Å²) < 4.78 is 5.11. The van der Waals surface area contributed by atoms with Gasteiger partial charge in [0, 0.05) is 18.0 Å². The van der Waals surface area contributed by atoms with Gasteiger partial charge in [0.05, 0.1) is 7.11 Å². The van der Waals surface area contributed by atoms with Crippen molar-refractivity contribution in [3.8, 4) is 5.75 Å². The van der Waals surface area contributed by atoms with E-state index in [-0.39, 0.29) is 0 Å². The molecular formula is C9H11NO. The van der Waals surface area contributed by atoms with Crippen LogP contribution in [0, 0.1) is 0 Å². The fourth-order valence-electron chi connectivity index (χ4n) is 0.880. The zero-order chi connectivity index (χ0) is 8.27. The third-order valence-electron chi connectivity index (χ3n) is 1.46. The first-order chi connectivity index (χ1) is 5.25. The van der Waals surface area contributed by atoms with E-state index in [0.29, 0.717) is 0 Å². The SMILES string of the molecule is C=C(C)c1cnccc1OC. The van der Waals surface area contributed by atoms with Crippen LogP contribution in [0.1, 0.15) is 12.5 Å². The molecule has 0 spiro atoms. The largest absolute Gasteiger partial charge is 0.496 e. The fraction of sp³-hybridized carbons (Fsp3) is 0.222. The van der Waals surface area contributed by atoms with Crippen molar-refractivity contribution in [1.29, 1.82) is 0 Å². The Hall–Kier alpha value is -1.31. The molecule has 2 heteroatoms. The van der Waals surface area contributed by atoms with E-state index in [1.807, 2.05) is 13.0 Å². The maximum atomic E-state index is 5.11. The molecule has 1 heterocycles. The summed E-state index contributed by atoms with van der Waals surface area (Å²) in [6.07, 6.45) is 3.45. The van der Waals surface area contributed by atoms with Gasteiger partial charge in [0.1, 0.15) is 5.75 Å². The van der Waals surface area contributed by atoms with Crippen molar-refractivity contribution in [2.24, 2.45) is 0 Å². The molecule has 0 bridgehead atoms. The van der Waals surface area contributed by atoms with Gasteiger partial charge in [-0.1, -0.05) is 6.58 Å². The maximum Gasteiger partial charge on any atom is 0.129 e. The number of rotatable bonds is 2. The van der Waals surface area contributed by atoms with Gasteiger partial charge in [0.2, 0.25) is 0 Å². The average Bonchev–Trinajstić information content (AvgIpc) is 2.04. The molecule has 0 saturated carbocycles. The minimum absolute atomic E-state index is 0.826. The molecule has 2 nitrogen and oxygen atoms in total. The Morgan fingerprint density at radius 2 is 2.36 bits per heavy atom. The molecule has 0 N–H and O–H groups in total. The highest BCUT2D eigenvalue weighted by Crippen LogP contribution is 2.22. The molecule has 0 aliphatic rings. The molecule has 11 heavy (non-hydrogen) atoms. The zero-order valence-corrected chi connectivity index (χ0v) is 6.79. The third-order valence-corrected chi connectivity index (χ3v) is 1.46. The number of aromatic nitrogens is 1. The lowest BCUT2D eigenvalue weighted by Gasteiger charge is -2.05. The Labute approximate surface area is 66.5 Å². The monoisotopic (exact) mass is 149 g/mol.